The zero-order chi connectivity index (χ0) is 18.0. The minimum absolute atomic E-state index is 0.0218. The molecule has 0 saturated heterocycles. The summed E-state index contributed by atoms with van der Waals surface area (Å²) in [6, 6.07) is 13.8. The van der Waals surface area contributed by atoms with Crippen LogP contribution in [0.5, 0.6) is 0 Å². The lowest BCUT2D eigenvalue weighted by molar-refractivity contribution is -0.115. The van der Waals surface area contributed by atoms with Crippen LogP contribution in [0.4, 0.5) is 5.69 Å². The summed E-state index contributed by atoms with van der Waals surface area (Å²) in [4.78, 5) is 27.2. The van der Waals surface area contributed by atoms with Crippen LogP contribution in [0.3, 0.4) is 0 Å². The number of carbonyl (C=O) groups excluding carboxylic acids is 2. The molecule has 0 aromatic heterocycles. The van der Waals surface area contributed by atoms with Crippen molar-refractivity contribution in [2.45, 2.75) is 37.0 Å². The molecular formula is C20H22N2O2S. The van der Waals surface area contributed by atoms with Gasteiger partial charge in [0.05, 0.1) is 10.9 Å². The Hall–Kier alpha value is -2.27. The van der Waals surface area contributed by atoms with E-state index in [1.165, 1.54) is 17.3 Å². The molecule has 1 aliphatic rings. The van der Waals surface area contributed by atoms with Crippen LogP contribution < -0.4 is 5.32 Å². The molecule has 0 bridgehead atoms. The first-order valence-corrected chi connectivity index (χ1v) is 9.30. The van der Waals surface area contributed by atoms with Crippen LogP contribution >= 0.6 is 11.8 Å². The first kappa shape index (κ1) is 17.5. The van der Waals surface area contributed by atoms with Crippen molar-refractivity contribution in [1.29, 1.82) is 0 Å². The number of amides is 2. The molecule has 0 saturated carbocycles. The van der Waals surface area contributed by atoms with Crippen molar-refractivity contribution in [3.8, 4) is 0 Å². The summed E-state index contributed by atoms with van der Waals surface area (Å²) in [6.07, 6.45) is 1.01. The third-order valence-corrected chi connectivity index (χ3v) is 5.53. The number of benzene rings is 2. The monoisotopic (exact) mass is 354 g/mol. The quantitative estimate of drug-likeness (QED) is 0.904. The van der Waals surface area contributed by atoms with Crippen molar-refractivity contribution in [2.24, 2.45) is 0 Å². The molecule has 1 unspecified atom stereocenters. The second kappa shape index (κ2) is 7.31. The smallest absolute Gasteiger partial charge is 0.253 e. The van der Waals surface area contributed by atoms with Gasteiger partial charge < -0.3 is 10.2 Å². The number of hydrogen-bond donors (Lipinski definition) is 1. The predicted molar refractivity (Wildman–Crippen MR) is 102 cm³/mol. The van der Waals surface area contributed by atoms with Gasteiger partial charge in [-0.2, -0.15) is 0 Å². The number of nitrogens with zero attached hydrogens (tertiary/aromatic N) is 1. The fourth-order valence-corrected chi connectivity index (χ4v) is 3.72. The van der Waals surface area contributed by atoms with E-state index >= 15 is 0 Å². The van der Waals surface area contributed by atoms with E-state index in [9.17, 15) is 9.59 Å². The topological polar surface area (TPSA) is 49.4 Å². The zero-order valence-electron chi connectivity index (χ0n) is 14.7. The average Bonchev–Trinajstić information content (AvgIpc) is 2.62. The Labute approximate surface area is 152 Å². The minimum atomic E-state index is -0.109. The van der Waals surface area contributed by atoms with E-state index in [-0.39, 0.29) is 17.1 Å². The summed E-state index contributed by atoms with van der Waals surface area (Å²) in [6.45, 7) is 4.55. The Morgan fingerprint density at radius 2 is 1.84 bits per heavy atom. The van der Waals surface area contributed by atoms with E-state index in [1.54, 1.807) is 18.0 Å². The first-order valence-electron chi connectivity index (χ1n) is 8.42. The van der Waals surface area contributed by atoms with Gasteiger partial charge in [-0.05, 0) is 42.7 Å². The van der Waals surface area contributed by atoms with E-state index < -0.39 is 0 Å². The number of nitrogens with one attached hydrogen (secondary N) is 1. The molecule has 0 aliphatic carbocycles. The van der Waals surface area contributed by atoms with Crippen molar-refractivity contribution in [1.82, 2.24) is 4.90 Å². The maximum Gasteiger partial charge on any atom is 0.253 e. The van der Waals surface area contributed by atoms with Gasteiger partial charge in [-0.25, -0.2) is 0 Å². The molecule has 2 aromatic rings. The largest absolute Gasteiger partial charge is 0.337 e. The number of carbonyl (C=O) groups is 2. The molecule has 1 atom stereocenters. The molecule has 4 nitrogen and oxygen atoms in total. The highest BCUT2D eigenvalue weighted by molar-refractivity contribution is 8.00. The van der Waals surface area contributed by atoms with Crippen LogP contribution in [0, 0.1) is 0 Å². The fraction of sp³-hybridized carbons (Fsp3) is 0.300. The standard InChI is InChI=1S/C20H22N2O2S/c1-4-14-5-7-15(8-6-14)12-22(3)20(24)16-9-10-18-17(11-16)21-19(23)13(2)25-18/h5-11,13H,4,12H2,1-3H3,(H,21,23). The Morgan fingerprint density at radius 1 is 1.16 bits per heavy atom. The van der Waals surface area contributed by atoms with Gasteiger partial charge >= 0.3 is 0 Å². The molecular weight excluding hydrogens is 332 g/mol. The lowest BCUT2D eigenvalue weighted by Crippen LogP contribution is -2.28. The van der Waals surface area contributed by atoms with Crippen molar-refractivity contribution < 1.29 is 9.59 Å². The Bertz CT molecular complexity index is 802. The normalized spacial score (nSPS) is 16.1. The lowest BCUT2D eigenvalue weighted by atomic mass is 10.1. The SMILES string of the molecule is CCc1ccc(CN(C)C(=O)c2ccc3c(c2)NC(=O)C(C)S3)cc1. The van der Waals surface area contributed by atoms with Crippen LogP contribution in [0.2, 0.25) is 0 Å². The number of thioether (sulfide) groups is 1. The van der Waals surface area contributed by atoms with E-state index in [2.05, 4.69) is 36.5 Å². The summed E-state index contributed by atoms with van der Waals surface area (Å²) in [5.41, 5.74) is 3.69. The molecule has 0 spiro atoms. The number of anilines is 1. The summed E-state index contributed by atoms with van der Waals surface area (Å²) in [5.74, 6) is -0.0771. The van der Waals surface area contributed by atoms with Gasteiger partial charge in [-0.3, -0.25) is 9.59 Å². The number of rotatable bonds is 4. The first-order chi connectivity index (χ1) is 12.0. The van der Waals surface area contributed by atoms with Crippen molar-refractivity contribution in [2.75, 3.05) is 12.4 Å². The molecule has 3 rings (SSSR count). The molecule has 1 aliphatic heterocycles. The van der Waals surface area contributed by atoms with Gasteiger partial charge in [-0.15, -0.1) is 11.8 Å². The molecule has 25 heavy (non-hydrogen) atoms. The van der Waals surface area contributed by atoms with Crippen molar-refractivity contribution in [3.05, 3.63) is 59.2 Å². The molecule has 5 heteroatoms. The lowest BCUT2D eigenvalue weighted by Gasteiger charge is -2.23. The Kier molecular flexibility index (Phi) is 5.13. The van der Waals surface area contributed by atoms with Crippen LogP contribution in [0.15, 0.2) is 47.4 Å². The van der Waals surface area contributed by atoms with Gasteiger partial charge in [0.1, 0.15) is 0 Å². The average molecular weight is 354 g/mol. The summed E-state index contributed by atoms with van der Waals surface area (Å²) < 4.78 is 0. The molecule has 130 valence electrons. The maximum atomic E-state index is 12.7. The number of fused-ring (bicyclic) bond motifs is 1. The highest BCUT2D eigenvalue weighted by atomic mass is 32.2. The van der Waals surface area contributed by atoms with Crippen LogP contribution in [0.1, 0.15) is 35.3 Å². The van der Waals surface area contributed by atoms with Gasteiger partial charge in [0.2, 0.25) is 5.91 Å². The fourth-order valence-electron chi connectivity index (χ4n) is 2.79. The summed E-state index contributed by atoms with van der Waals surface area (Å²) in [7, 11) is 1.80. The third kappa shape index (κ3) is 3.87. The minimum Gasteiger partial charge on any atom is -0.337 e. The second-order valence-electron chi connectivity index (χ2n) is 6.29. The summed E-state index contributed by atoms with van der Waals surface area (Å²) in [5, 5.41) is 2.77. The maximum absolute atomic E-state index is 12.7. The highest BCUT2D eigenvalue weighted by Gasteiger charge is 2.24. The Morgan fingerprint density at radius 3 is 2.52 bits per heavy atom. The van der Waals surface area contributed by atoms with Crippen LogP contribution in [-0.2, 0) is 17.8 Å². The van der Waals surface area contributed by atoms with Gasteiger partial charge in [0.25, 0.3) is 5.91 Å². The summed E-state index contributed by atoms with van der Waals surface area (Å²) >= 11 is 1.52. The molecule has 0 radical (unpaired) electrons. The molecule has 1 N–H and O–H groups in total. The van der Waals surface area contributed by atoms with E-state index in [0.29, 0.717) is 12.1 Å². The van der Waals surface area contributed by atoms with E-state index in [0.717, 1.165) is 22.6 Å². The van der Waals surface area contributed by atoms with Gasteiger partial charge in [0.15, 0.2) is 0 Å². The highest BCUT2D eigenvalue weighted by Crippen LogP contribution is 2.36. The molecule has 2 amide bonds. The van der Waals surface area contributed by atoms with E-state index in [1.807, 2.05) is 19.1 Å². The van der Waals surface area contributed by atoms with E-state index in [4.69, 9.17) is 0 Å². The van der Waals surface area contributed by atoms with Crippen molar-refractivity contribution >= 4 is 29.3 Å². The predicted octanol–water partition coefficient (Wildman–Crippen LogP) is 3.95. The number of aryl methyl sites for hydroxylation is 1. The Balaban J connectivity index is 1.73. The molecule has 0 fully saturated rings. The zero-order valence-corrected chi connectivity index (χ0v) is 15.5. The van der Waals surface area contributed by atoms with Crippen LogP contribution in [0.25, 0.3) is 0 Å². The second-order valence-corrected chi connectivity index (χ2v) is 7.67. The van der Waals surface area contributed by atoms with Gasteiger partial charge in [0, 0.05) is 24.1 Å². The molecule has 2 aromatic carbocycles. The number of hydrogen-bond acceptors (Lipinski definition) is 3. The van der Waals surface area contributed by atoms with Crippen LogP contribution in [-0.4, -0.2) is 29.0 Å². The third-order valence-electron chi connectivity index (χ3n) is 4.36. The van der Waals surface area contributed by atoms with Crippen molar-refractivity contribution in [3.63, 3.8) is 0 Å². The van der Waals surface area contributed by atoms with Gasteiger partial charge in [-0.1, -0.05) is 31.2 Å². The molecule has 1 heterocycles.